The average Bonchev–Trinajstić information content (AvgIpc) is 2.47. The summed E-state index contributed by atoms with van der Waals surface area (Å²) in [5.41, 5.74) is 1.39. The predicted octanol–water partition coefficient (Wildman–Crippen LogP) is 1.90. The van der Waals surface area contributed by atoms with Crippen molar-refractivity contribution in [3.63, 3.8) is 0 Å². The van der Waals surface area contributed by atoms with E-state index in [0.29, 0.717) is 5.69 Å². The number of amides is 1. The third-order valence-electron chi connectivity index (χ3n) is 2.64. The maximum Gasteiger partial charge on any atom is 0.262 e. The van der Waals surface area contributed by atoms with Crippen LogP contribution in [-0.4, -0.2) is 22.7 Å². The zero-order chi connectivity index (χ0) is 14.4. The molecule has 2 rings (SSSR count). The van der Waals surface area contributed by atoms with E-state index in [1.807, 2.05) is 0 Å². The second kappa shape index (κ2) is 6.58. The van der Waals surface area contributed by atoms with Gasteiger partial charge in [0.2, 0.25) is 0 Å². The second-order valence-electron chi connectivity index (χ2n) is 4.16. The Hall–Kier alpha value is -2.53. The van der Waals surface area contributed by atoms with Gasteiger partial charge < -0.3 is 20.3 Å². The fraction of sp³-hybridized carbons (Fsp3) is 0.133. The summed E-state index contributed by atoms with van der Waals surface area (Å²) in [7, 11) is 0. The van der Waals surface area contributed by atoms with E-state index in [1.165, 1.54) is 6.07 Å². The van der Waals surface area contributed by atoms with Crippen molar-refractivity contribution in [1.82, 2.24) is 0 Å². The van der Waals surface area contributed by atoms with E-state index < -0.39 is 0 Å². The number of carbonyl (C=O) groups excluding carboxylic acids is 1. The van der Waals surface area contributed by atoms with Crippen LogP contribution in [0.4, 0.5) is 5.69 Å². The number of rotatable bonds is 5. The second-order valence-corrected chi connectivity index (χ2v) is 4.16. The number of nitrogens with one attached hydrogen (secondary N) is 1. The van der Waals surface area contributed by atoms with Gasteiger partial charge >= 0.3 is 0 Å². The predicted molar refractivity (Wildman–Crippen MR) is 74.6 cm³/mol. The number of benzene rings is 2. The van der Waals surface area contributed by atoms with E-state index in [0.717, 1.165) is 5.56 Å². The Morgan fingerprint density at radius 3 is 2.45 bits per heavy atom. The summed E-state index contributed by atoms with van der Waals surface area (Å²) in [5.74, 6) is -0.0733. The van der Waals surface area contributed by atoms with Crippen molar-refractivity contribution < 1.29 is 19.7 Å². The van der Waals surface area contributed by atoms with E-state index in [2.05, 4.69) is 5.32 Å². The van der Waals surface area contributed by atoms with Crippen molar-refractivity contribution in [1.29, 1.82) is 0 Å². The molecule has 0 aromatic heterocycles. The average molecular weight is 273 g/mol. The minimum absolute atomic E-state index is 0.00685. The standard InChI is InChI=1S/C15H15NO4/c17-9-11-5-7-12(8-6-11)16-15(19)10-20-14-4-2-1-3-13(14)18/h1-8,17-18H,9-10H2,(H,16,19). The van der Waals surface area contributed by atoms with E-state index in [-0.39, 0.29) is 30.6 Å². The first-order chi connectivity index (χ1) is 9.69. The van der Waals surface area contributed by atoms with E-state index in [9.17, 15) is 9.90 Å². The summed E-state index contributed by atoms with van der Waals surface area (Å²) in [5, 5.41) is 21.1. The van der Waals surface area contributed by atoms with Crippen LogP contribution in [0.2, 0.25) is 0 Å². The number of ether oxygens (including phenoxy) is 1. The van der Waals surface area contributed by atoms with Gasteiger partial charge in [-0.3, -0.25) is 4.79 Å². The molecule has 0 aliphatic heterocycles. The highest BCUT2D eigenvalue weighted by Gasteiger charge is 2.06. The van der Waals surface area contributed by atoms with Crippen molar-refractivity contribution >= 4 is 11.6 Å². The molecule has 0 heterocycles. The van der Waals surface area contributed by atoms with Crippen molar-refractivity contribution in [2.24, 2.45) is 0 Å². The van der Waals surface area contributed by atoms with E-state index in [1.54, 1.807) is 42.5 Å². The molecule has 5 nitrogen and oxygen atoms in total. The van der Waals surface area contributed by atoms with Gasteiger partial charge in [-0.1, -0.05) is 24.3 Å². The van der Waals surface area contributed by atoms with Crippen LogP contribution < -0.4 is 10.1 Å². The minimum atomic E-state index is -0.329. The molecule has 20 heavy (non-hydrogen) atoms. The zero-order valence-corrected chi connectivity index (χ0v) is 10.7. The minimum Gasteiger partial charge on any atom is -0.504 e. The van der Waals surface area contributed by atoms with Gasteiger partial charge in [-0.05, 0) is 29.8 Å². The first kappa shape index (κ1) is 13.9. The largest absolute Gasteiger partial charge is 0.504 e. The molecule has 1 amide bonds. The van der Waals surface area contributed by atoms with Gasteiger partial charge in [-0.2, -0.15) is 0 Å². The van der Waals surface area contributed by atoms with Crippen LogP contribution in [0.25, 0.3) is 0 Å². The first-order valence-corrected chi connectivity index (χ1v) is 6.09. The fourth-order valence-corrected chi connectivity index (χ4v) is 1.61. The van der Waals surface area contributed by atoms with Crippen LogP contribution in [0.1, 0.15) is 5.56 Å². The lowest BCUT2D eigenvalue weighted by Crippen LogP contribution is -2.20. The third-order valence-corrected chi connectivity index (χ3v) is 2.64. The van der Waals surface area contributed by atoms with Gasteiger partial charge in [-0.25, -0.2) is 0 Å². The number of aliphatic hydroxyl groups excluding tert-OH is 1. The molecular weight excluding hydrogens is 258 g/mol. The van der Waals surface area contributed by atoms with Gasteiger partial charge in [0.25, 0.3) is 5.91 Å². The van der Waals surface area contributed by atoms with Gasteiger partial charge in [0.05, 0.1) is 6.61 Å². The number of phenols is 1. The smallest absolute Gasteiger partial charge is 0.262 e. The van der Waals surface area contributed by atoms with Crippen LogP contribution in [0, 0.1) is 0 Å². The lowest BCUT2D eigenvalue weighted by molar-refractivity contribution is -0.118. The lowest BCUT2D eigenvalue weighted by Gasteiger charge is -2.08. The molecule has 0 aliphatic carbocycles. The molecule has 0 bridgehead atoms. The molecule has 0 radical (unpaired) electrons. The Morgan fingerprint density at radius 1 is 1.10 bits per heavy atom. The highest BCUT2D eigenvalue weighted by Crippen LogP contribution is 2.24. The van der Waals surface area contributed by atoms with Crippen LogP contribution in [0.3, 0.4) is 0 Å². The zero-order valence-electron chi connectivity index (χ0n) is 10.7. The molecule has 3 N–H and O–H groups in total. The number of aromatic hydroxyl groups is 1. The van der Waals surface area contributed by atoms with Crippen LogP contribution >= 0.6 is 0 Å². The summed E-state index contributed by atoms with van der Waals surface area (Å²) in [6.45, 7) is -0.232. The number of hydrogen-bond donors (Lipinski definition) is 3. The number of aliphatic hydroxyl groups is 1. The van der Waals surface area contributed by atoms with Crippen molar-refractivity contribution in [3.05, 3.63) is 54.1 Å². The van der Waals surface area contributed by atoms with Crippen molar-refractivity contribution in [2.45, 2.75) is 6.61 Å². The summed E-state index contributed by atoms with van der Waals surface area (Å²) in [4.78, 5) is 11.7. The summed E-state index contributed by atoms with van der Waals surface area (Å²) in [6, 6.07) is 13.3. The molecule has 5 heteroatoms. The Kier molecular flexibility index (Phi) is 4.57. The molecule has 0 unspecified atom stereocenters. The molecule has 0 atom stereocenters. The van der Waals surface area contributed by atoms with Gasteiger partial charge in [0.15, 0.2) is 18.1 Å². The summed E-state index contributed by atoms with van der Waals surface area (Å²) < 4.78 is 5.21. The Bertz CT molecular complexity index is 581. The summed E-state index contributed by atoms with van der Waals surface area (Å²) >= 11 is 0. The molecule has 104 valence electrons. The normalized spacial score (nSPS) is 10.1. The number of para-hydroxylation sites is 2. The Labute approximate surface area is 116 Å². The monoisotopic (exact) mass is 273 g/mol. The highest BCUT2D eigenvalue weighted by atomic mass is 16.5. The fourth-order valence-electron chi connectivity index (χ4n) is 1.61. The molecule has 2 aromatic rings. The molecule has 0 saturated heterocycles. The van der Waals surface area contributed by atoms with Crippen LogP contribution in [0.15, 0.2) is 48.5 Å². The van der Waals surface area contributed by atoms with Crippen molar-refractivity contribution in [2.75, 3.05) is 11.9 Å². The number of carbonyl (C=O) groups is 1. The van der Waals surface area contributed by atoms with E-state index >= 15 is 0 Å². The van der Waals surface area contributed by atoms with Gasteiger partial charge in [0.1, 0.15) is 0 Å². The molecule has 0 saturated carbocycles. The summed E-state index contributed by atoms with van der Waals surface area (Å²) in [6.07, 6.45) is 0. The van der Waals surface area contributed by atoms with E-state index in [4.69, 9.17) is 9.84 Å². The maximum atomic E-state index is 11.7. The molecular formula is C15H15NO4. The number of hydrogen-bond acceptors (Lipinski definition) is 4. The number of anilines is 1. The highest BCUT2D eigenvalue weighted by molar-refractivity contribution is 5.91. The molecule has 0 fully saturated rings. The third kappa shape index (κ3) is 3.73. The molecule has 2 aromatic carbocycles. The van der Waals surface area contributed by atoms with Gasteiger partial charge in [0, 0.05) is 5.69 Å². The topological polar surface area (TPSA) is 78.8 Å². The van der Waals surface area contributed by atoms with Gasteiger partial charge in [-0.15, -0.1) is 0 Å². The quantitative estimate of drug-likeness (QED) is 0.777. The maximum absolute atomic E-state index is 11.7. The molecule has 0 aliphatic rings. The van der Waals surface area contributed by atoms with Crippen molar-refractivity contribution in [3.8, 4) is 11.5 Å². The molecule has 0 spiro atoms. The lowest BCUT2D eigenvalue weighted by atomic mass is 10.2. The Morgan fingerprint density at radius 2 is 1.80 bits per heavy atom. The van der Waals surface area contributed by atoms with Crippen LogP contribution in [-0.2, 0) is 11.4 Å². The number of phenolic OH excluding ortho intramolecular Hbond substituents is 1. The Balaban J connectivity index is 1.87. The first-order valence-electron chi connectivity index (χ1n) is 6.09. The van der Waals surface area contributed by atoms with Crippen LogP contribution in [0.5, 0.6) is 11.5 Å². The SMILES string of the molecule is O=C(COc1ccccc1O)Nc1ccc(CO)cc1.